The van der Waals surface area contributed by atoms with E-state index < -0.39 is 0 Å². The van der Waals surface area contributed by atoms with Crippen LogP contribution in [0, 0.1) is 10.5 Å². The first-order chi connectivity index (χ1) is 6.16. The summed E-state index contributed by atoms with van der Waals surface area (Å²) < 4.78 is 1.12. The third-order valence-corrected chi connectivity index (χ3v) is 3.25. The molecule has 13 heavy (non-hydrogen) atoms. The minimum Gasteiger partial charge on any atom is -0.294 e. The van der Waals surface area contributed by atoms with Gasteiger partial charge >= 0.3 is 0 Å². The number of rotatable bonds is 3. The average Bonchev–Trinajstić information content (AvgIpc) is 2.10. The monoisotopic (exact) mass is 308 g/mol. The molecule has 0 aromatic heterocycles. The molecule has 0 saturated carbocycles. The van der Waals surface area contributed by atoms with E-state index in [-0.39, 0.29) is 5.78 Å². The molecule has 0 spiro atoms. The first-order valence-corrected chi connectivity index (χ1v) is 5.62. The lowest BCUT2D eigenvalue weighted by atomic mass is 10.0. The Morgan fingerprint density at radius 2 is 2.23 bits per heavy atom. The molecule has 0 saturated heterocycles. The average molecular weight is 309 g/mol. The summed E-state index contributed by atoms with van der Waals surface area (Å²) in [4.78, 5) is 11.5. The first kappa shape index (κ1) is 11.0. The molecule has 1 aromatic carbocycles. The normalized spacial score (nSPS) is 10.1. The van der Waals surface area contributed by atoms with Gasteiger partial charge in [0.25, 0.3) is 0 Å². The van der Waals surface area contributed by atoms with Gasteiger partial charge in [-0.25, -0.2) is 0 Å². The van der Waals surface area contributed by atoms with E-state index in [1.807, 2.05) is 25.1 Å². The Labute approximate surface area is 96.6 Å². The number of halogens is 2. The number of hydrogen-bond donors (Lipinski definition) is 0. The molecule has 1 aromatic rings. The van der Waals surface area contributed by atoms with Gasteiger partial charge in [0.15, 0.2) is 5.78 Å². The van der Waals surface area contributed by atoms with Gasteiger partial charge in [-0.2, -0.15) is 0 Å². The van der Waals surface area contributed by atoms with Gasteiger partial charge in [0.2, 0.25) is 0 Å². The summed E-state index contributed by atoms with van der Waals surface area (Å²) in [7, 11) is 0. The Morgan fingerprint density at radius 1 is 1.54 bits per heavy atom. The lowest BCUT2D eigenvalue weighted by Gasteiger charge is -2.04. The third-order valence-electron chi connectivity index (χ3n) is 1.89. The van der Waals surface area contributed by atoms with E-state index in [0.717, 1.165) is 14.7 Å². The Hall–Kier alpha value is -0.0900. The molecule has 0 fully saturated rings. The summed E-state index contributed by atoms with van der Waals surface area (Å²) in [5.41, 5.74) is 1.85. The molecule has 0 aliphatic heterocycles. The van der Waals surface area contributed by atoms with Gasteiger partial charge in [0.05, 0.1) is 0 Å². The zero-order valence-electron chi connectivity index (χ0n) is 7.31. The van der Waals surface area contributed by atoms with Crippen molar-refractivity contribution in [1.82, 2.24) is 0 Å². The van der Waals surface area contributed by atoms with Crippen molar-refractivity contribution < 1.29 is 4.79 Å². The van der Waals surface area contributed by atoms with E-state index >= 15 is 0 Å². The van der Waals surface area contributed by atoms with Crippen molar-refractivity contribution >= 4 is 40.0 Å². The molecule has 70 valence electrons. The van der Waals surface area contributed by atoms with E-state index in [2.05, 4.69) is 22.6 Å². The second kappa shape index (κ2) is 4.96. The summed E-state index contributed by atoms with van der Waals surface area (Å²) in [6, 6.07) is 5.75. The smallest absolute Gasteiger partial charge is 0.164 e. The van der Waals surface area contributed by atoms with Gasteiger partial charge in [-0.15, -0.1) is 11.6 Å². The van der Waals surface area contributed by atoms with Crippen molar-refractivity contribution in [3.8, 4) is 0 Å². The molecule has 0 heterocycles. The molecular formula is C10H10ClIO. The topological polar surface area (TPSA) is 17.1 Å². The fraction of sp³-hybridized carbons (Fsp3) is 0.300. The standard InChI is InChI=1S/C10H10ClIO/c1-7-8(10(13)5-6-11)3-2-4-9(7)12/h2-4H,5-6H2,1H3. The molecule has 0 aliphatic carbocycles. The van der Waals surface area contributed by atoms with Crippen molar-refractivity contribution in [3.63, 3.8) is 0 Å². The third kappa shape index (κ3) is 2.68. The predicted molar refractivity (Wildman–Crippen MR) is 63.6 cm³/mol. The Kier molecular flexibility index (Phi) is 4.19. The van der Waals surface area contributed by atoms with Crippen LogP contribution in [0.15, 0.2) is 18.2 Å². The largest absolute Gasteiger partial charge is 0.294 e. The summed E-state index contributed by atoms with van der Waals surface area (Å²) in [6.45, 7) is 1.96. The van der Waals surface area contributed by atoms with Gasteiger partial charge < -0.3 is 0 Å². The second-order valence-corrected chi connectivity index (χ2v) is 4.31. The van der Waals surface area contributed by atoms with Crippen LogP contribution in [0.4, 0.5) is 0 Å². The molecular weight excluding hydrogens is 298 g/mol. The maximum Gasteiger partial charge on any atom is 0.164 e. The highest BCUT2D eigenvalue weighted by Gasteiger charge is 2.09. The van der Waals surface area contributed by atoms with E-state index in [4.69, 9.17) is 11.6 Å². The number of benzene rings is 1. The fourth-order valence-electron chi connectivity index (χ4n) is 1.13. The highest BCUT2D eigenvalue weighted by Crippen LogP contribution is 2.17. The maximum atomic E-state index is 11.5. The first-order valence-electron chi connectivity index (χ1n) is 4.01. The van der Waals surface area contributed by atoms with Crippen LogP contribution >= 0.6 is 34.2 Å². The van der Waals surface area contributed by atoms with Gasteiger partial charge in [-0.1, -0.05) is 12.1 Å². The fourth-order valence-corrected chi connectivity index (χ4v) is 1.80. The predicted octanol–water partition coefficient (Wildman–Crippen LogP) is 3.41. The summed E-state index contributed by atoms with van der Waals surface area (Å²) in [5, 5.41) is 0. The minimum absolute atomic E-state index is 0.131. The summed E-state index contributed by atoms with van der Waals surface area (Å²) in [5.74, 6) is 0.523. The quantitative estimate of drug-likeness (QED) is 0.475. The van der Waals surface area contributed by atoms with Crippen LogP contribution in [0.25, 0.3) is 0 Å². The lowest BCUT2D eigenvalue weighted by molar-refractivity contribution is 0.0988. The molecule has 0 radical (unpaired) electrons. The molecule has 0 aliphatic rings. The molecule has 0 atom stereocenters. The number of hydrogen-bond acceptors (Lipinski definition) is 1. The van der Waals surface area contributed by atoms with Crippen LogP contribution in [-0.4, -0.2) is 11.7 Å². The van der Waals surface area contributed by atoms with Crippen molar-refractivity contribution in [2.24, 2.45) is 0 Å². The van der Waals surface area contributed by atoms with E-state index in [1.54, 1.807) is 0 Å². The van der Waals surface area contributed by atoms with E-state index in [0.29, 0.717) is 12.3 Å². The Balaban J connectivity index is 3.01. The lowest BCUT2D eigenvalue weighted by Crippen LogP contribution is -2.03. The zero-order valence-corrected chi connectivity index (χ0v) is 10.2. The number of ketones is 1. The molecule has 0 bridgehead atoms. The van der Waals surface area contributed by atoms with E-state index in [1.165, 1.54) is 0 Å². The molecule has 0 N–H and O–H groups in total. The van der Waals surface area contributed by atoms with Crippen LogP contribution in [0.1, 0.15) is 22.3 Å². The maximum absolute atomic E-state index is 11.5. The van der Waals surface area contributed by atoms with Gasteiger partial charge in [0, 0.05) is 21.4 Å². The Morgan fingerprint density at radius 3 is 2.85 bits per heavy atom. The van der Waals surface area contributed by atoms with Gasteiger partial charge in [-0.05, 0) is 41.1 Å². The minimum atomic E-state index is 0.131. The summed E-state index contributed by atoms with van der Waals surface area (Å²) >= 11 is 7.74. The van der Waals surface area contributed by atoms with Crippen molar-refractivity contribution in [2.45, 2.75) is 13.3 Å². The molecule has 0 amide bonds. The van der Waals surface area contributed by atoms with Crippen LogP contribution in [0.5, 0.6) is 0 Å². The highest BCUT2D eigenvalue weighted by molar-refractivity contribution is 14.1. The number of carbonyl (C=O) groups is 1. The van der Waals surface area contributed by atoms with Gasteiger partial charge in [-0.3, -0.25) is 4.79 Å². The van der Waals surface area contributed by atoms with Crippen LogP contribution < -0.4 is 0 Å². The SMILES string of the molecule is Cc1c(I)cccc1C(=O)CCCl. The number of Topliss-reactive ketones (excluding diaryl/α,β-unsaturated/α-hetero) is 1. The molecule has 1 rings (SSSR count). The van der Waals surface area contributed by atoms with Crippen LogP contribution in [-0.2, 0) is 0 Å². The molecule has 1 nitrogen and oxygen atoms in total. The van der Waals surface area contributed by atoms with Crippen molar-refractivity contribution in [3.05, 3.63) is 32.9 Å². The molecule has 0 unspecified atom stereocenters. The van der Waals surface area contributed by atoms with Gasteiger partial charge in [0.1, 0.15) is 0 Å². The van der Waals surface area contributed by atoms with Crippen LogP contribution in [0.2, 0.25) is 0 Å². The highest BCUT2D eigenvalue weighted by atomic mass is 127. The number of carbonyl (C=O) groups excluding carboxylic acids is 1. The van der Waals surface area contributed by atoms with E-state index in [9.17, 15) is 4.79 Å². The number of alkyl halides is 1. The molecule has 3 heteroatoms. The van der Waals surface area contributed by atoms with Crippen molar-refractivity contribution in [2.75, 3.05) is 5.88 Å². The van der Waals surface area contributed by atoms with Crippen molar-refractivity contribution in [1.29, 1.82) is 0 Å². The van der Waals surface area contributed by atoms with Crippen LogP contribution in [0.3, 0.4) is 0 Å². The summed E-state index contributed by atoms with van der Waals surface area (Å²) in [6.07, 6.45) is 0.419. The second-order valence-electron chi connectivity index (χ2n) is 2.77. The zero-order chi connectivity index (χ0) is 9.84. The Bertz CT molecular complexity index is 323.